The van der Waals surface area contributed by atoms with E-state index in [1.807, 2.05) is 0 Å². The minimum atomic E-state index is -0.762. The SMILES string of the molecule is CC1OCOC(C)(CCC2(C)OCOC(C)(CCC3(C)OCOC(C)(C)C34C(C)OCOC4C)C23COCOC3(C)C)C12COCOC2(C)C. The standard InChI is InChI=1S/C38H66O12/c1-26-36(18-39-20-44-29(36,4)5)32(10,47-23-43-26)14-15-33(11)37(19-40-21-45-30(37,6)7)34(12,49-25-48-33)16-17-35(13)38(31(8,9)46-24-50-35)27(2)41-22-42-28(38)3/h26-28H,14-25H2,1-13H3. The first-order chi connectivity index (χ1) is 23.2. The van der Waals surface area contributed by atoms with Gasteiger partial charge in [0.1, 0.15) is 40.8 Å². The first-order valence-corrected chi connectivity index (χ1v) is 18.6. The van der Waals surface area contributed by atoms with Gasteiger partial charge in [0.2, 0.25) is 0 Å². The molecule has 0 amide bonds. The van der Waals surface area contributed by atoms with Crippen molar-refractivity contribution in [3.63, 3.8) is 0 Å². The molecule has 0 N–H and O–H groups in total. The van der Waals surface area contributed by atoms with Gasteiger partial charge in [-0.05, 0) is 116 Å². The molecule has 0 saturated carbocycles. The molecule has 0 bridgehead atoms. The highest BCUT2D eigenvalue weighted by Crippen LogP contribution is 2.65. The number of ether oxygens (including phenoxy) is 12. The van der Waals surface area contributed by atoms with E-state index in [0.717, 1.165) is 0 Å². The Hall–Kier alpha value is -0.480. The van der Waals surface area contributed by atoms with Crippen LogP contribution in [0.4, 0.5) is 0 Å². The van der Waals surface area contributed by atoms with Crippen LogP contribution in [0.2, 0.25) is 0 Å². The maximum atomic E-state index is 6.86. The summed E-state index contributed by atoms with van der Waals surface area (Å²) < 4.78 is 77.2. The second-order valence-corrected chi connectivity index (χ2v) is 18.0. The van der Waals surface area contributed by atoms with Crippen LogP contribution in [0.5, 0.6) is 0 Å². The zero-order valence-electron chi connectivity index (χ0n) is 33.1. The monoisotopic (exact) mass is 714 g/mol. The molecule has 290 valence electrons. The lowest BCUT2D eigenvalue weighted by molar-refractivity contribution is -0.423. The molecular formula is C38H66O12. The fraction of sp³-hybridized carbons (Fsp3) is 1.00. The molecule has 6 fully saturated rings. The molecule has 3 spiro atoms. The highest BCUT2D eigenvalue weighted by atomic mass is 16.7. The van der Waals surface area contributed by atoms with Gasteiger partial charge in [-0.1, -0.05) is 0 Å². The number of hydrogen-bond donors (Lipinski definition) is 0. The van der Waals surface area contributed by atoms with E-state index in [1.165, 1.54) is 0 Å². The zero-order chi connectivity index (χ0) is 36.7. The van der Waals surface area contributed by atoms with E-state index >= 15 is 0 Å². The lowest BCUT2D eigenvalue weighted by Crippen LogP contribution is -2.78. The van der Waals surface area contributed by atoms with Gasteiger partial charge in [-0.25, -0.2) is 0 Å². The fourth-order valence-corrected chi connectivity index (χ4v) is 12.4. The summed E-state index contributed by atoms with van der Waals surface area (Å²) in [6, 6.07) is 0. The Balaban J connectivity index is 1.37. The van der Waals surface area contributed by atoms with Crippen molar-refractivity contribution in [3.8, 4) is 0 Å². The van der Waals surface area contributed by atoms with Crippen LogP contribution in [-0.2, 0) is 56.8 Å². The fourth-order valence-electron chi connectivity index (χ4n) is 12.4. The van der Waals surface area contributed by atoms with Crippen LogP contribution in [0, 0.1) is 16.2 Å². The van der Waals surface area contributed by atoms with Crippen LogP contribution in [0.1, 0.15) is 116 Å². The lowest BCUT2D eigenvalue weighted by atomic mass is 9.49. The molecule has 12 nitrogen and oxygen atoms in total. The Bertz CT molecular complexity index is 1230. The Morgan fingerprint density at radius 2 is 0.840 bits per heavy atom. The summed E-state index contributed by atoms with van der Waals surface area (Å²) in [5.41, 5.74) is -6.65. The molecule has 0 aliphatic carbocycles. The van der Waals surface area contributed by atoms with E-state index < -0.39 is 55.5 Å². The molecule has 6 heterocycles. The minimum absolute atomic E-state index is 0.126. The topological polar surface area (TPSA) is 111 Å². The highest BCUT2D eigenvalue weighted by molar-refractivity contribution is 5.22. The van der Waals surface area contributed by atoms with Crippen molar-refractivity contribution in [2.24, 2.45) is 16.2 Å². The van der Waals surface area contributed by atoms with Crippen LogP contribution in [0.25, 0.3) is 0 Å². The summed E-state index contributed by atoms with van der Waals surface area (Å²) in [5.74, 6) is 0. The lowest BCUT2D eigenvalue weighted by Gasteiger charge is -2.69. The molecule has 6 rings (SSSR count). The molecule has 9 atom stereocenters. The average Bonchev–Trinajstić information content (AvgIpc) is 3.01. The summed E-state index contributed by atoms with van der Waals surface area (Å²) >= 11 is 0. The maximum absolute atomic E-state index is 6.86. The zero-order valence-corrected chi connectivity index (χ0v) is 33.1. The van der Waals surface area contributed by atoms with Crippen molar-refractivity contribution in [1.29, 1.82) is 0 Å². The van der Waals surface area contributed by atoms with Crippen molar-refractivity contribution < 1.29 is 56.8 Å². The van der Waals surface area contributed by atoms with Crippen molar-refractivity contribution in [2.45, 2.75) is 173 Å². The van der Waals surface area contributed by atoms with Crippen LogP contribution >= 0.6 is 0 Å². The van der Waals surface area contributed by atoms with Crippen molar-refractivity contribution in [2.75, 3.05) is 54.0 Å². The Labute approximate surface area is 300 Å². The minimum Gasteiger partial charge on any atom is -0.354 e. The van der Waals surface area contributed by atoms with Gasteiger partial charge in [0, 0.05) is 0 Å². The van der Waals surface area contributed by atoms with Crippen LogP contribution in [-0.4, -0.2) is 111 Å². The predicted octanol–water partition coefficient (Wildman–Crippen LogP) is 6.07. The average molecular weight is 715 g/mol. The van der Waals surface area contributed by atoms with E-state index in [-0.39, 0.29) is 59.1 Å². The first-order valence-electron chi connectivity index (χ1n) is 18.6. The van der Waals surface area contributed by atoms with E-state index in [0.29, 0.717) is 38.9 Å². The molecule has 0 aromatic rings. The third kappa shape index (κ3) is 5.13. The molecule has 0 aromatic heterocycles. The smallest absolute Gasteiger partial charge is 0.148 e. The van der Waals surface area contributed by atoms with Crippen LogP contribution in [0.15, 0.2) is 0 Å². The Morgan fingerprint density at radius 1 is 0.400 bits per heavy atom. The summed E-state index contributed by atoms with van der Waals surface area (Å²) in [7, 11) is 0. The number of rotatable bonds is 6. The van der Waals surface area contributed by atoms with Crippen molar-refractivity contribution >= 4 is 0 Å². The van der Waals surface area contributed by atoms with E-state index in [9.17, 15) is 0 Å². The van der Waals surface area contributed by atoms with E-state index in [2.05, 4.69) is 90.0 Å². The summed E-state index contributed by atoms with van der Waals surface area (Å²) in [5, 5.41) is 0. The van der Waals surface area contributed by atoms with Gasteiger partial charge in [-0.15, -0.1) is 0 Å². The summed E-state index contributed by atoms with van der Waals surface area (Å²) in [6.45, 7) is 30.0. The Morgan fingerprint density at radius 3 is 1.42 bits per heavy atom. The number of hydrogen-bond acceptors (Lipinski definition) is 12. The van der Waals surface area contributed by atoms with Gasteiger partial charge in [0.25, 0.3) is 0 Å². The second kappa shape index (κ2) is 12.8. The van der Waals surface area contributed by atoms with Crippen molar-refractivity contribution in [3.05, 3.63) is 0 Å². The molecule has 0 radical (unpaired) electrons. The molecule has 9 unspecified atom stereocenters. The van der Waals surface area contributed by atoms with Gasteiger partial charge < -0.3 is 56.8 Å². The molecule has 6 saturated heterocycles. The molecular weight excluding hydrogens is 648 g/mol. The normalized spacial score (nSPS) is 50.5. The summed E-state index contributed by atoms with van der Waals surface area (Å²) in [4.78, 5) is 0. The quantitative estimate of drug-likeness (QED) is 0.319. The molecule has 12 heteroatoms. The van der Waals surface area contributed by atoms with Gasteiger partial charge in [-0.2, -0.15) is 0 Å². The van der Waals surface area contributed by atoms with Gasteiger partial charge >= 0.3 is 0 Å². The molecule has 0 aromatic carbocycles. The maximum Gasteiger partial charge on any atom is 0.148 e. The molecule has 50 heavy (non-hydrogen) atoms. The van der Waals surface area contributed by atoms with Crippen molar-refractivity contribution in [1.82, 2.24) is 0 Å². The first kappa shape index (κ1) is 39.2. The summed E-state index contributed by atoms with van der Waals surface area (Å²) in [6.07, 6.45) is 2.04. The van der Waals surface area contributed by atoms with E-state index in [4.69, 9.17) is 56.8 Å². The second-order valence-electron chi connectivity index (χ2n) is 18.0. The van der Waals surface area contributed by atoms with Gasteiger partial charge in [0.05, 0.1) is 87.0 Å². The van der Waals surface area contributed by atoms with Gasteiger partial charge in [-0.3, -0.25) is 0 Å². The third-order valence-electron chi connectivity index (χ3n) is 15.4. The van der Waals surface area contributed by atoms with Crippen LogP contribution < -0.4 is 0 Å². The third-order valence-corrected chi connectivity index (χ3v) is 15.4. The predicted molar refractivity (Wildman–Crippen MR) is 182 cm³/mol. The molecule has 6 aliphatic rings. The highest BCUT2D eigenvalue weighted by Gasteiger charge is 2.74. The van der Waals surface area contributed by atoms with Crippen LogP contribution in [0.3, 0.4) is 0 Å². The van der Waals surface area contributed by atoms with Gasteiger partial charge in [0.15, 0.2) is 0 Å². The molecule has 6 aliphatic heterocycles. The largest absolute Gasteiger partial charge is 0.354 e. The van der Waals surface area contributed by atoms with E-state index in [1.54, 1.807) is 0 Å². The Kier molecular flexibility index (Phi) is 10.0.